The molecule has 0 saturated carbocycles. The summed E-state index contributed by atoms with van der Waals surface area (Å²) >= 11 is 0. The molecule has 2 fully saturated rings. The second kappa shape index (κ2) is 3.46. The van der Waals surface area contributed by atoms with E-state index < -0.39 is 5.67 Å². The van der Waals surface area contributed by atoms with Gasteiger partial charge in [-0.25, -0.2) is 4.39 Å². The molecular weight excluding hydrogens is 179 g/mol. The minimum atomic E-state index is -1.04. The van der Waals surface area contributed by atoms with Crippen LogP contribution in [0.15, 0.2) is 0 Å². The average molecular weight is 200 g/mol. The molecule has 2 nitrogen and oxygen atoms in total. The predicted molar refractivity (Wildman–Crippen MR) is 56.2 cm³/mol. The summed E-state index contributed by atoms with van der Waals surface area (Å²) in [5, 5.41) is 3.34. The van der Waals surface area contributed by atoms with Gasteiger partial charge < -0.3 is 10.2 Å². The first-order chi connectivity index (χ1) is 6.49. The average Bonchev–Trinajstić information content (AvgIpc) is 2.00. The summed E-state index contributed by atoms with van der Waals surface area (Å²) < 4.78 is 13.4. The van der Waals surface area contributed by atoms with E-state index in [9.17, 15) is 4.39 Å². The first-order valence-corrected chi connectivity index (χ1v) is 5.61. The zero-order chi connectivity index (χ0) is 10.2. The minimum Gasteiger partial charge on any atom is -0.316 e. The van der Waals surface area contributed by atoms with Crippen LogP contribution in [0.3, 0.4) is 0 Å². The van der Waals surface area contributed by atoms with E-state index in [0.717, 1.165) is 13.1 Å². The first-order valence-electron chi connectivity index (χ1n) is 5.61. The highest BCUT2D eigenvalue weighted by molar-refractivity contribution is 4.96. The highest BCUT2D eigenvalue weighted by atomic mass is 19.1. The van der Waals surface area contributed by atoms with Gasteiger partial charge in [-0.1, -0.05) is 0 Å². The largest absolute Gasteiger partial charge is 0.316 e. The Bertz CT molecular complexity index is 196. The molecule has 3 heteroatoms. The van der Waals surface area contributed by atoms with Crippen molar-refractivity contribution in [3.8, 4) is 0 Å². The molecule has 0 aromatic rings. The van der Waals surface area contributed by atoms with Crippen LogP contribution in [0.4, 0.5) is 4.39 Å². The number of halogens is 1. The van der Waals surface area contributed by atoms with Gasteiger partial charge in [0.2, 0.25) is 0 Å². The van der Waals surface area contributed by atoms with Crippen LogP contribution in [0.2, 0.25) is 0 Å². The van der Waals surface area contributed by atoms with Crippen molar-refractivity contribution < 1.29 is 4.39 Å². The SMILES string of the molecule is CC(C)(F)CN1CCC2(CC1)CNC2. The number of likely N-dealkylation sites (tertiary alicyclic amines) is 1. The van der Waals surface area contributed by atoms with Crippen LogP contribution in [0.25, 0.3) is 0 Å². The fraction of sp³-hybridized carbons (Fsp3) is 1.00. The smallest absolute Gasteiger partial charge is 0.118 e. The Labute approximate surface area is 85.9 Å². The first kappa shape index (κ1) is 10.4. The summed E-state index contributed by atoms with van der Waals surface area (Å²) in [4.78, 5) is 2.27. The van der Waals surface area contributed by atoms with Gasteiger partial charge in [-0.2, -0.15) is 0 Å². The molecular formula is C11H21FN2. The van der Waals surface area contributed by atoms with Crippen molar-refractivity contribution in [2.45, 2.75) is 32.4 Å². The molecule has 0 atom stereocenters. The maximum absolute atomic E-state index is 13.4. The van der Waals surface area contributed by atoms with Gasteiger partial charge >= 0.3 is 0 Å². The van der Waals surface area contributed by atoms with E-state index in [1.807, 2.05) is 0 Å². The quantitative estimate of drug-likeness (QED) is 0.725. The lowest BCUT2D eigenvalue weighted by Gasteiger charge is -2.48. The third kappa shape index (κ3) is 2.26. The summed E-state index contributed by atoms with van der Waals surface area (Å²) in [5.74, 6) is 0. The molecule has 1 spiro atoms. The lowest BCUT2D eigenvalue weighted by molar-refractivity contribution is 0.0298. The molecule has 1 N–H and O–H groups in total. The molecule has 0 aliphatic carbocycles. The highest BCUT2D eigenvalue weighted by Gasteiger charge is 2.40. The fourth-order valence-corrected chi connectivity index (χ4v) is 2.55. The van der Waals surface area contributed by atoms with Crippen molar-refractivity contribution >= 4 is 0 Å². The summed E-state index contributed by atoms with van der Waals surface area (Å²) in [7, 11) is 0. The van der Waals surface area contributed by atoms with Gasteiger partial charge in [0.25, 0.3) is 0 Å². The molecule has 0 aromatic heterocycles. The molecule has 2 rings (SSSR count). The summed E-state index contributed by atoms with van der Waals surface area (Å²) in [6, 6.07) is 0. The number of hydrogen-bond donors (Lipinski definition) is 1. The van der Waals surface area contributed by atoms with Gasteiger partial charge in [0.05, 0.1) is 0 Å². The summed E-state index contributed by atoms with van der Waals surface area (Å²) in [6.07, 6.45) is 2.49. The molecule has 2 aliphatic heterocycles. The van der Waals surface area contributed by atoms with E-state index >= 15 is 0 Å². The maximum Gasteiger partial charge on any atom is 0.118 e. The maximum atomic E-state index is 13.4. The van der Waals surface area contributed by atoms with E-state index in [1.165, 1.54) is 25.9 Å². The van der Waals surface area contributed by atoms with Crippen LogP contribution in [0, 0.1) is 5.41 Å². The Morgan fingerprint density at radius 1 is 1.29 bits per heavy atom. The Hall–Kier alpha value is -0.150. The van der Waals surface area contributed by atoms with E-state index in [2.05, 4.69) is 10.2 Å². The molecule has 82 valence electrons. The molecule has 2 heterocycles. The Morgan fingerprint density at radius 2 is 1.86 bits per heavy atom. The van der Waals surface area contributed by atoms with Gasteiger partial charge in [-0.05, 0) is 45.2 Å². The van der Waals surface area contributed by atoms with Gasteiger partial charge in [0.1, 0.15) is 5.67 Å². The molecule has 0 bridgehead atoms. The van der Waals surface area contributed by atoms with Gasteiger partial charge in [-0.15, -0.1) is 0 Å². The van der Waals surface area contributed by atoms with E-state index in [-0.39, 0.29) is 0 Å². The molecule has 14 heavy (non-hydrogen) atoms. The number of alkyl halides is 1. The van der Waals surface area contributed by atoms with Gasteiger partial charge in [0, 0.05) is 19.6 Å². The van der Waals surface area contributed by atoms with Crippen LogP contribution >= 0.6 is 0 Å². The number of rotatable bonds is 2. The lowest BCUT2D eigenvalue weighted by Crippen LogP contribution is -2.58. The van der Waals surface area contributed by atoms with Gasteiger partial charge in [-0.3, -0.25) is 0 Å². The van der Waals surface area contributed by atoms with Gasteiger partial charge in [0.15, 0.2) is 0 Å². The summed E-state index contributed by atoms with van der Waals surface area (Å²) in [6.45, 7) is 8.45. The zero-order valence-corrected chi connectivity index (χ0v) is 9.27. The molecule has 0 unspecified atom stereocenters. The highest BCUT2D eigenvalue weighted by Crippen LogP contribution is 2.35. The van der Waals surface area contributed by atoms with Crippen LogP contribution in [-0.2, 0) is 0 Å². The molecule has 0 radical (unpaired) electrons. The number of hydrogen-bond acceptors (Lipinski definition) is 2. The van der Waals surface area contributed by atoms with Crippen molar-refractivity contribution in [2.24, 2.45) is 5.41 Å². The van der Waals surface area contributed by atoms with Crippen molar-refractivity contribution in [1.29, 1.82) is 0 Å². The van der Waals surface area contributed by atoms with Crippen molar-refractivity contribution in [3.05, 3.63) is 0 Å². The Balaban J connectivity index is 1.78. The molecule has 2 saturated heterocycles. The van der Waals surface area contributed by atoms with Crippen molar-refractivity contribution in [2.75, 3.05) is 32.7 Å². The molecule has 0 amide bonds. The third-order valence-electron chi connectivity index (χ3n) is 3.52. The number of nitrogens with one attached hydrogen (secondary N) is 1. The molecule has 0 aromatic carbocycles. The van der Waals surface area contributed by atoms with Crippen LogP contribution in [0.1, 0.15) is 26.7 Å². The Kier molecular flexibility index (Phi) is 2.56. The number of piperidine rings is 1. The predicted octanol–water partition coefficient (Wildman–Crippen LogP) is 1.42. The zero-order valence-electron chi connectivity index (χ0n) is 9.27. The minimum absolute atomic E-state index is 0.580. The standard InChI is InChI=1S/C11H21FN2/c1-10(2,12)9-14-5-3-11(4-6-14)7-13-8-11/h13H,3-9H2,1-2H3. The lowest BCUT2D eigenvalue weighted by atomic mass is 9.73. The van der Waals surface area contributed by atoms with Crippen LogP contribution < -0.4 is 5.32 Å². The topological polar surface area (TPSA) is 15.3 Å². The monoisotopic (exact) mass is 200 g/mol. The van der Waals surface area contributed by atoms with Crippen LogP contribution in [0.5, 0.6) is 0 Å². The second-order valence-corrected chi connectivity index (χ2v) is 5.60. The van der Waals surface area contributed by atoms with Crippen molar-refractivity contribution in [1.82, 2.24) is 10.2 Å². The Morgan fingerprint density at radius 3 is 2.21 bits per heavy atom. The second-order valence-electron chi connectivity index (χ2n) is 5.60. The van der Waals surface area contributed by atoms with E-state index in [4.69, 9.17) is 0 Å². The fourth-order valence-electron chi connectivity index (χ4n) is 2.55. The summed E-state index contributed by atoms with van der Waals surface area (Å²) in [5.41, 5.74) is -0.459. The van der Waals surface area contributed by atoms with E-state index in [0.29, 0.717) is 12.0 Å². The number of nitrogens with zero attached hydrogens (tertiary/aromatic N) is 1. The van der Waals surface area contributed by atoms with E-state index in [1.54, 1.807) is 13.8 Å². The third-order valence-corrected chi connectivity index (χ3v) is 3.52. The van der Waals surface area contributed by atoms with Crippen LogP contribution in [-0.4, -0.2) is 43.3 Å². The normalized spacial score (nSPS) is 27.6. The molecule has 2 aliphatic rings. The van der Waals surface area contributed by atoms with Crippen molar-refractivity contribution in [3.63, 3.8) is 0 Å².